The van der Waals surface area contributed by atoms with Gasteiger partial charge in [-0.2, -0.15) is 14.5 Å². The summed E-state index contributed by atoms with van der Waals surface area (Å²) in [5.41, 5.74) is 0.834. The lowest BCUT2D eigenvalue weighted by atomic mass is 10.2. The second-order valence-electron chi connectivity index (χ2n) is 4.50. The van der Waals surface area contributed by atoms with E-state index in [2.05, 4.69) is 20.2 Å². The Morgan fingerprint density at radius 3 is 2.71 bits per heavy atom. The Hall–Kier alpha value is -2.83. The number of hydrogen-bond acceptors (Lipinski definition) is 5. The minimum absolute atomic E-state index is 0.402. The summed E-state index contributed by atoms with van der Waals surface area (Å²) < 4.78 is 2.41. The Bertz CT molecular complexity index is 732. The molecule has 0 unspecified atom stereocenters. The van der Waals surface area contributed by atoms with Crippen molar-refractivity contribution in [1.29, 1.82) is 0 Å². The summed E-state index contributed by atoms with van der Waals surface area (Å²) in [5, 5.41) is 8.15. The molecule has 0 fully saturated rings. The first kappa shape index (κ1) is 13.2. The van der Waals surface area contributed by atoms with E-state index in [1.165, 1.54) is 17.3 Å². The molecule has 0 aliphatic heterocycles. The summed E-state index contributed by atoms with van der Waals surface area (Å²) in [6.07, 6.45) is 4.29. The van der Waals surface area contributed by atoms with Gasteiger partial charge in [0.25, 0.3) is 0 Å². The average molecular weight is 282 g/mol. The molecule has 0 saturated heterocycles. The highest BCUT2D eigenvalue weighted by Crippen LogP contribution is 2.17. The summed E-state index contributed by atoms with van der Waals surface area (Å²) in [6, 6.07) is 9.09. The van der Waals surface area contributed by atoms with Crippen LogP contribution >= 0.6 is 0 Å². The van der Waals surface area contributed by atoms with E-state index in [-0.39, 0.29) is 0 Å². The van der Waals surface area contributed by atoms with Crippen LogP contribution in [-0.4, -0.2) is 35.6 Å². The van der Waals surface area contributed by atoms with Crippen molar-refractivity contribution in [3.8, 4) is 11.4 Å². The second-order valence-corrected chi connectivity index (χ2v) is 4.50. The molecule has 0 radical (unpaired) electrons. The van der Waals surface area contributed by atoms with Gasteiger partial charge in [0.05, 0.1) is 0 Å². The third kappa shape index (κ3) is 2.58. The average Bonchev–Trinajstić information content (AvgIpc) is 3.17. The SMILES string of the molecule is CCCc1nc(-c2ccccc2)n(C(=O)n2cncn2)n1. The van der Waals surface area contributed by atoms with Crippen LogP contribution in [0.5, 0.6) is 0 Å². The van der Waals surface area contributed by atoms with Crippen molar-refractivity contribution >= 4 is 6.03 Å². The lowest BCUT2D eigenvalue weighted by Crippen LogP contribution is -2.22. The maximum absolute atomic E-state index is 12.4. The highest BCUT2D eigenvalue weighted by atomic mass is 16.2. The fourth-order valence-electron chi connectivity index (χ4n) is 2.00. The van der Waals surface area contributed by atoms with Crippen molar-refractivity contribution in [2.24, 2.45) is 0 Å². The first-order valence-electron chi connectivity index (χ1n) is 6.70. The number of benzene rings is 1. The molecule has 7 heteroatoms. The summed E-state index contributed by atoms with van der Waals surface area (Å²) >= 11 is 0. The lowest BCUT2D eigenvalue weighted by Gasteiger charge is -2.03. The molecule has 0 atom stereocenters. The van der Waals surface area contributed by atoms with Crippen molar-refractivity contribution in [2.45, 2.75) is 19.8 Å². The summed E-state index contributed by atoms with van der Waals surface area (Å²) in [5.74, 6) is 1.16. The van der Waals surface area contributed by atoms with E-state index in [0.717, 1.165) is 23.1 Å². The molecular formula is C14H14N6O. The molecule has 0 spiro atoms. The van der Waals surface area contributed by atoms with Crippen LogP contribution in [-0.2, 0) is 6.42 Å². The van der Waals surface area contributed by atoms with Crippen LogP contribution in [0.25, 0.3) is 11.4 Å². The van der Waals surface area contributed by atoms with Crippen molar-refractivity contribution in [3.63, 3.8) is 0 Å². The first-order valence-corrected chi connectivity index (χ1v) is 6.70. The zero-order valence-corrected chi connectivity index (χ0v) is 11.5. The van der Waals surface area contributed by atoms with Gasteiger partial charge in [-0.25, -0.2) is 14.8 Å². The van der Waals surface area contributed by atoms with Crippen LogP contribution in [0, 0.1) is 0 Å². The zero-order valence-electron chi connectivity index (χ0n) is 11.5. The quantitative estimate of drug-likeness (QED) is 0.734. The van der Waals surface area contributed by atoms with Crippen LogP contribution in [0.4, 0.5) is 4.79 Å². The fraction of sp³-hybridized carbons (Fsp3) is 0.214. The highest BCUT2D eigenvalue weighted by Gasteiger charge is 2.19. The molecule has 0 aliphatic rings. The highest BCUT2D eigenvalue weighted by molar-refractivity contribution is 5.81. The fourth-order valence-corrected chi connectivity index (χ4v) is 2.00. The number of carbonyl (C=O) groups excluding carboxylic acids is 1. The number of hydrogen-bond donors (Lipinski definition) is 0. The molecule has 0 saturated carbocycles. The van der Waals surface area contributed by atoms with Gasteiger partial charge >= 0.3 is 6.03 Å². The van der Waals surface area contributed by atoms with Crippen molar-refractivity contribution < 1.29 is 4.79 Å². The van der Waals surface area contributed by atoms with E-state index in [1.54, 1.807) is 0 Å². The molecule has 2 aromatic heterocycles. The predicted molar refractivity (Wildman–Crippen MR) is 75.7 cm³/mol. The molecule has 0 aliphatic carbocycles. The van der Waals surface area contributed by atoms with Crippen LogP contribution in [0.2, 0.25) is 0 Å². The van der Waals surface area contributed by atoms with Gasteiger partial charge in [0.2, 0.25) is 0 Å². The maximum atomic E-state index is 12.4. The van der Waals surface area contributed by atoms with Gasteiger partial charge in [-0.3, -0.25) is 0 Å². The van der Waals surface area contributed by atoms with Gasteiger partial charge in [0, 0.05) is 12.0 Å². The maximum Gasteiger partial charge on any atom is 0.372 e. The van der Waals surface area contributed by atoms with Crippen LogP contribution in [0.3, 0.4) is 0 Å². The molecule has 106 valence electrons. The predicted octanol–water partition coefficient (Wildman–Crippen LogP) is 2.01. The van der Waals surface area contributed by atoms with Gasteiger partial charge < -0.3 is 0 Å². The third-order valence-corrected chi connectivity index (χ3v) is 2.95. The van der Waals surface area contributed by atoms with Crippen LogP contribution in [0.15, 0.2) is 43.0 Å². The molecule has 7 nitrogen and oxygen atoms in total. The summed E-state index contributed by atoms with van der Waals surface area (Å²) in [4.78, 5) is 20.7. The van der Waals surface area contributed by atoms with E-state index in [4.69, 9.17) is 0 Å². The number of nitrogens with zero attached hydrogens (tertiary/aromatic N) is 6. The monoisotopic (exact) mass is 282 g/mol. The first-order chi connectivity index (χ1) is 10.3. The minimum atomic E-state index is -0.402. The lowest BCUT2D eigenvalue weighted by molar-refractivity contribution is 0.238. The number of aromatic nitrogens is 6. The Balaban J connectivity index is 2.08. The summed E-state index contributed by atoms with van der Waals surface area (Å²) in [6.45, 7) is 2.04. The van der Waals surface area contributed by atoms with Gasteiger partial charge in [-0.05, 0) is 6.42 Å². The Kier molecular flexibility index (Phi) is 3.55. The van der Waals surface area contributed by atoms with Crippen molar-refractivity contribution in [1.82, 2.24) is 29.5 Å². The van der Waals surface area contributed by atoms with Gasteiger partial charge in [0.15, 0.2) is 11.6 Å². The largest absolute Gasteiger partial charge is 0.372 e. The zero-order chi connectivity index (χ0) is 14.7. The molecule has 2 heterocycles. The van der Waals surface area contributed by atoms with E-state index < -0.39 is 6.03 Å². The number of aryl methyl sites for hydroxylation is 1. The van der Waals surface area contributed by atoms with Crippen LogP contribution < -0.4 is 0 Å². The van der Waals surface area contributed by atoms with E-state index in [0.29, 0.717) is 11.6 Å². The van der Waals surface area contributed by atoms with Gasteiger partial charge in [-0.1, -0.05) is 37.3 Å². The van der Waals surface area contributed by atoms with E-state index in [9.17, 15) is 4.79 Å². The van der Waals surface area contributed by atoms with Gasteiger partial charge in [-0.15, -0.1) is 5.10 Å². The van der Waals surface area contributed by atoms with Crippen molar-refractivity contribution in [3.05, 3.63) is 48.8 Å². The number of rotatable bonds is 3. The number of carbonyl (C=O) groups is 1. The summed E-state index contributed by atoms with van der Waals surface area (Å²) in [7, 11) is 0. The molecule has 0 bridgehead atoms. The second kappa shape index (κ2) is 5.66. The Morgan fingerprint density at radius 2 is 2.05 bits per heavy atom. The molecule has 3 aromatic rings. The molecule has 21 heavy (non-hydrogen) atoms. The Morgan fingerprint density at radius 1 is 1.24 bits per heavy atom. The standard InChI is InChI=1S/C14H14N6O/c1-2-6-12-17-13(11-7-4-3-5-8-11)20(18-12)14(21)19-10-15-9-16-19/h3-5,7-10H,2,6H2,1H3. The smallest absolute Gasteiger partial charge is 0.243 e. The third-order valence-electron chi connectivity index (χ3n) is 2.95. The van der Waals surface area contributed by atoms with Crippen molar-refractivity contribution in [2.75, 3.05) is 0 Å². The van der Waals surface area contributed by atoms with E-state index in [1.807, 2.05) is 37.3 Å². The molecule has 0 N–H and O–H groups in total. The molecular weight excluding hydrogens is 268 g/mol. The molecule has 3 rings (SSSR count). The minimum Gasteiger partial charge on any atom is -0.243 e. The molecule has 1 aromatic carbocycles. The topological polar surface area (TPSA) is 78.5 Å². The normalized spacial score (nSPS) is 10.7. The Labute approximate surface area is 121 Å². The van der Waals surface area contributed by atoms with Gasteiger partial charge in [0.1, 0.15) is 12.7 Å². The van der Waals surface area contributed by atoms with E-state index >= 15 is 0 Å². The molecule has 0 amide bonds. The van der Waals surface area contributed by atoms with Crippen LogP contribution in [0.1, 0.15) is 19.2 Å².